The number of amides is 1. The van der Waals surface area contributed by atoms with Crippen LogP contribution in [-0.4, -0.2) is 17.1 Å². The predicted octanol–water partition coefficient (Wildman–Crippen LogP) is 2.74. The quantitative estimate of drug-likeness (QED) is 0.782. The number of hydrogen-bond donors (Lipinski definition) is 2. The van der Waals surface area contributed by atoms with E-state index in [9.17, 15) is 9.90 Å². The summed E-state index contributed by atoms with van der Waals surface area (Å²) < 4.78 is 1.08. The Morgan fingerprint density at radius 2 is 2.21 bits per heavy atom. The fraction of sp³-hybridized carbons (Fsp3) is 0.214. The number of fused-ring (bicyclic) bond motifs is 1. The predicted molar refractivity (Wildman–Crippen MR) is 83.4 cm³/mol. The van der Waals surface area contributed by atoms with Gasteiger partial charge in [-0.05, 0) is 39.8 Å². The number of hydrogen-bond acceptors (Lipinski definition) is 3. The van der Waals surface area contributed by atoms with Crippen LogP contribution in [0.25, 0.3) is 0 Å². The van der Waals surface area contributed by atoms with Crippen molar-refractivity contribution in [1.82, 2.24) is 5.32 Å². The number of halogens is 1. The average molecular weight is 385 g/mol. The zero-order chi connectivity index (χ0) is 13.4. The van der Waals surface area contributed by atoms with Gasteiger partial charge in [-0.2, -0.15) is 0 Å². The third-order valence-electron chi connectivity index (χ3n) is 3.32. The highest BCUT2D eigenvalue weighted by molar-refractivity contribution is 14.1. The Bertz CT molecular complexity index is 625. The molecule has 1 aromatic carbocycles. The molecule has 0 unspecified atom stereocenters. The van der Waals surface area contributed by atoms with E-state index in [0.717, 1.165) is 14.0 Å². The van der Waals surface area contributed by atoms with Crippen LogP contribution in [0.4, 0.5) is 0 Å². The Hall–Kier alpha value is -0.920. The summed E-state index contributed by atoms with van der Waals surface area (Å²) in [5, 5.41) is 14.9. The first-order valence-electron chi connectivity index (χ1n) is 5.96. The van der Waals surface area contributed by atoms with Crippen LogP contribution in [0, 0.1) is 2.88 Å². The minimum absolute atomic E-state index is 0.125. The Kier molecular flexibility index (Phi) is 3.60. The van der Waals surface area contributed by atoms with E-state index >= 15 is 0 Å². The molecular weight excluding hydrogens is 373 g/mol. The number of rotatable bonds is 2. The lowest BCUT2D eigenvalue weighted by Gasteiger charge is -2.17. The van der Waals surface area contributed by atoms with Crippen LogP contribution in [0.5, 0.6) is 0 Å². The molecule has 98 valence electrons. The van der Waals surface area contributed by atoms with Crippen molar-refractivity contribution in [1.29, 1.82) is 0 Å². The van der Waals surface area contributed by atoms with Crippen LogP contribution >= 0.6 is 33.9 Å². The van der Waals surface area contributed by atoms with Gasteiger partial charge < -0.3 is 10.4 Å². The third kappa shape index (κ3) is 2.54. The molecule has 2 N–H and O–H groups in total. The third-order valence-corrected chi connectivity index (χ3v) is 5.11. The van der Waals surface area contributed by atoms with E-state index in [1.165, 1.54) is 0 Å². The molecule has 0 radical (unpaired) electrons. The molecule has 0 saturated carbocycles. The molecule has 0 aliphatic heterocycles. The van der Waals surface area contributed by atoms with Crippen molar-refractivity contribution >= 4 is 39.8 Å². The molecule has 1 heterocycles. The standard InChI is InChI=1S/C14H12INO2S/c15-12-6-9(7-19-12)14(18)16-13-10-4-2-1-3-8(10)5-11(13)17/h1-4,6-7,11,13,17H,5H2,(H,16,18)/t11-,13+/m0/s1. The summed E-state index contributed by atoms with van der Waals surface area (Å²) >= 11 is 3.73. The largest absolute Gasteiger partial charge is 0.390 e. The Balaban J connectivity index is 1.82. The summed E-state index contributed by atoms with van der Waals surface area (Å²) in [6, 6.07) is 9.40. The molecular formula is C14H12INO2S. The van der Waals surface area contributed by atoms with Crippen LogP contribution in [0.15, 0.2) is 35.7 Å². The first-order chi connectivity index (χ1) is 9.15. The number of aliphatic hydroxyl groups excluding tert-OH is 1. The molecule has 3 nitrogen and oxygen atoms in total. The average Bonchev–Trinajstić information content (AvgIpc) is 2.95. The Morgan fingerprint density at radius 1 is 1.42 bits per heavy atom. The molecule has 5 heteroatoms. The lowest BCUT2D eigenvalue weighted by molar-refractivity contribution is 0.0858. The number of benzene rings is 1. The molecule has 1 aliphatic carbocycles. The normalized spacial score (nSPS) is 21.2. The zero-order valence-corrected chi connectivity index (χ0v) is 12.9. The highest BCUT2D eigenvalue weighted by Crippen LogP contribution is 2.31. The molecule has 19 heavy (non-hydrogen) atoms. The van der Waals surface area contributed by atoms with Crippen molar-refractivity contribution in [3.05, 3.63) is 55.3 Å². The molecule has 2 aromatic rings. The molecule has 0 bridgehead atoms. The maximum absolute atomic E-state index is 12.2. The summed E-state index contributed by atoms with van der Waals surface area (Å²) in [7, 11) is 0. The zero-order valence-electron chi connectivity index (χ0n) is 9.97. The van der Waals surface area contributed by atoms with Gasteiger partial charge in [0.25, 0.3) is 5.91 Å². The fourth-order valence-corrected chi connectivity index (χ4v) is 3.73. The SMILES string of the molecule is O=C(N[C@@H]1c2ccccc2C[C@@H]1O)c1csc(I)c1. The van der Waals surface area contributed by atoms with Crippen molar-refractivity contribution < 1.29 is 9.90 Å². The summed E-state index contributed by atoms with van der Waals surface area (Å²) in [5.41, 5.74) is 2.79. The van der Waals surface area contributed by atoms with Crippen molar-refractivity contribution in [3.63, 3.8) is 0 Å². The van der Waals surface area contributed by atoms with Crippen molar-refractivity contribution in [3.8, 4) is 0 Å². The molecule has 2 atom stereocenters. The second-order valence-electron chi connectivity index (χ2n) is 4.56. The van der Waals surface area contributed by atoms with Crippen LogP contribution in [0.3, 0.4) is 0 Å². The van der Waals surface area contributed by atoms with E-state index in [4.69, 9.17) is 0 Å². The first-order valence-corrected chi connectivity index (χ1v) is 7.92. The summed E-state index contributed by atoms with van der Waals surface area (Å²) in [5.74, 6) is -0.125. The van der Waals surface area contributed by atoms with Crippen molar-refractivity contribution in [2.45, 2.75) is 18.6 Å². The Morgan fingerprint density at radius 3 is 2.95 bits per heavy atom. The van der Waals surface area contributed by atoms with Gasteiger partial charge in [0.2, 0.25) is 0 Å². The van der Waals surface area contributed by atoms with Crippen LogP contribution < -0.4 is 5.32 Å². The molecule has 0 fully saturated rings. The Labute approximate surface area is 128 Å². The topological polar surface area (TPSA) is 49.3 Å². The van der Waals surface area contributed by atoms with Crippen molar-refractivity contribution in [2.75, 3.05) is 0 Å². The molecule has 1 aliphatic rings. The first kappa shape index (κ1) is 13.1. The molecule has 1 aromatic heterocycles. The highest BCUT2D eigenvalue weighted by atomic mass is 127. The van der Waals surface area contributed by atoms with Gasteiger partial charge >= 0.3 is 0 Å². The fourth-order valence-electron chi connectivity index (χ4n) is 2.40. The molecule has 0 saturated heterocycles. The van der Waals surface area contributed by atoms with Gasteiger partial charge in [0.05, 0.1) is 20.6 Å². The van der Waals surface area contributed by atoms with Gasteiger partial charge in [-0.25, -0.2) is 0 Å². The summed E-state index contributed by atoms with van der Waals surface area (Å²) in [4.78, 5) is 12.2. The van der Waals surface area contributed by atoms with Crippen LogP contribution in [-0.2, 0) is 6.42 Å². The molecule has 0 spiro atoms. The maximum atomic E-state index is 12.2. The van der Waals surface area contributed by atoms with Gasteiger partial charge in [-0.1, -0.05) is 24.3 Å². The van der Waals surface area contributed by atoms with Crippen molar-refractivity contribution in [2.24, 2.45) is 0 Å². The van der Waals surface area contributed by atoms with Gasteiger partial charge in [-0.15, -0.1) is 11.3 Å². The number of carbonyl (C=O) groups excluding carboxylic acids is 1. The maximum Gasteiger partial charge on any atom is 0.252 e. The van der Waals surface area contributed by atoms with Gasteiger partial charge in [0, 0.05) is 11.8 Å². The van der Waals surface area contributed by atoms with Gasteiger partial charge in [-0.3, -0.25) is 4.79 Å². The molecule has 1 amide bonds. The van der Waals surface area contributed by atoms with Gasteiger partial charge in [0.1, 0.15) is 0 Å². The summed E-state index contributed by atoms with van der Waals surface area (Å²) in [6.45, 7) is 0. The number of carbonyl (C=O) groups is 1. The van der Waals surface area contributed by atoms with E-state index in [1.54, 1.807) is 11.3 Å². The van der Waals surface area contributed by atoms with Crippen LogP contribution in [0.2, 0.25) is 0 Å². The minimum Gasteiger partial charge on any atom is -0.390 e. The van der Waals surface area contributed by atoms with Crippen LogP contribution in [0.1, 0.15) is 27.5 Å². The lowest BCUT2D eigenvalue weighted by atomic mass is 10.1. The van der Waals surface area contributed by atoms with E-state index in [1.807, 2.05) is 35.7 Å². The number of thiophene rings is 1. The number of nitrogens with one attached hydrogen (secondary N) is 1. The van der Waals surface area contributed by atoms with E-state index in [2.05, 4.69) is 27.9 Å². The lowest BCUT2D eigenvalue weighted by Crippen LogP contribution is -2.33. The monoisotopic (exact) mass is 385 g/mol. The smallest absolute Gasteiger partial charge is 0.252 e. The number of aliphatic hydroxyl groups is 1. The second-order valence-corrected chi connectivity index (χ2v) is 7.37. The van der Waals surface area contributed by atoms with E-state index in [0.29, 0.717) is 12.0 Å². The van der Waals surface area contributed by atoms with E-state index in [-0.39, 0.29) is 11.9 Å². The summed E-state index contributed by atoms with van der Waals surface area (Å²) in [6.07, 6.45) is 0.0570. The van der Waals surface area contributed by atoms with E-state index < -0.39 is 6.10 Å². The molecule has 3 rings (SSSR count). The highest BCUT2D eigenvalue weighted by Gasteiger charge is 2.32. The minimum atomic E-state index is -0.543. The second kappa shape index (κ2) is 5.22. The van der Waals surface area contributed by atoms with Gasteiger partial charge in [0.15, 0.2) is 0 Å².